The molecule has 3 rings (SSSR count). The molecule has 6 nitrogen and oxygen atoms in total. The van der Waals surface area contributed by atoms with E-state index in [1.807, 2.05) is 0 Å². The zero-order valence-corrected chi connectivity index (χ0v) is 16.2. The lowest BCUT2D eigenvalue weighted by Gasteiger charge is -2.33. The van der Waals surface area contributed by atoms with Crippen LogP contribution in [0.3, 0.4) is 0 Å². The predicted molar refractivity (Wildman–Crippen MR) is 101 cm³/mol. The summed E-state index contributed by atoms with van der Waals surface area (Å²) in [4.78, 5) is 40.6. The fraction of sp³-hybridized carbons (Fsp3) is 0.571. The smallest absolute Gasteiger partial charge is 0.310 e. The minimum absolute atomic E-state index is 0.0283. The van der Waals surface area contributed by atoms with Crippen LogP contribution in [0.1, 0.15) is 31.7 Å². The molecule has 28 heavy (non-hydrogen) atoms. The SMILES string of the molecule is CCOC(=O)[C@@H]1CCCN(C(=O)[C@@H]2CC(=O)N(CCc3ccc(F)cc3)C2)C1. The van der Waals surface area contributed by atoms with Gasteiger partial charge in [0.25, 0.3) is 0 Å². The Morgan fingerprint density at radius 1 is 1.18 bits per heavy atom. The topological polar surface area (TPSA) is 66.9 Å². The number of carbonyl (C=O) groups excluding carboxylic acids is 3. The number of halogens is 1. The molecule has 0 bridgehead atoms. The van der Waals surface area contributed by atoms with Crippen molar-refractivity contribution in [1.29, 1.82) is 0 Å². The largest absolute Gasteiger partial charge is 0.466 e. The Morgan fingerprint density at radius 2 is 1.93 bits per heavy atom. The molecule has 2 aliphatic heterocycles. The van der Waals surface area contributed by atoms with Gasteiger partial charge in [-0.1, -0.05) is 12.1 Å². The van der Waals surface area contributed by atoms with Crippen molar-refractivity contribution in [1.82, 2.24) is 9.80 Å². The van der Waals surface area contributed by atoms with Crippen molar-refractivity contribution in [3.05, 3.63) is 35.6 Å². The Hall–Kier alpha value is -2.44. The molecule has 2 fully saturated rings. The number of hydrogen-bond acceptors (Lipinski definition) is 4. The highest BCUT2D eigenvalue weighted by Crippen LogP contribution is 2.25. The van der Waals surface area contributed by atoms with E-state index in [0.717, 1.165) is 18.4 Å². The Kier molecular flexibility index (Phi) is 6.65. The van der Waals surface area contributed by atoms with E-state index in [4.69, 9.17) is 4.74 Å². The van der Waals surface area contributed by atoms with Crippen molar-refractivity contribution < 1.29 is 23.5 Å². The van der Waals surface area contributed by atoms with E-state index < -0.39 is 0 Å². The molecule has 0 unspecified atom stereocenters. The van der Waals surface area contributed by atoms with E-state index in [9.17, 15) is 18.8 Å². The zero-order chi connectivity index (χ0) is 20.1. The van der Waals surface area contributed by atoms with Crippen LogP contribution in [0.5, 0.6) is 0 Å². The molecule has 2 saturated heterocycles. The van der Waals surface area contributed by atoms with Gasteiger partial charge < -0.3 is 14.5 Å². The average molecular weight is 390 g/mol. The number of benzene rings is 1. The molecule has 2 amide bonds. The summed E-state index contributed by atoms with van der Waals surface area (Å²) < 4.78 is 18.1. The van der Waals surface area contributed by atoms with Gasteiger partial charge in [0.1, 0.15) is 5.82 Å². The van der Waals surface area contributed by atoms with E-state index in [1.165, 1.54) is 12.1 Å². The summed E-state index contributed by atoms with van der Waals surface area (Å²) >= 11 is 0. The van der Waals surface area contributed by atoms with Crippen molar-refractivity contribution in [3.8, 4) is 0 Å². The second-order valence-electron chi connectivity index (χ2n) is 7.49. The van der Waals surface area contributed by atoms with Crippen LogP contribution in [0.2, 0.25) is 0 Å². The first kappa shape index (κ1) is 20.3. The second kappa shape index (κ2) is 9.17. The van der Waals surface area contributed by atoms with Crippen molar-refractivity contribution in [2.24, 2.45) is 11.8 Å². The van der Waals surface area contributed by atoms with E-state index in [-0.39, 0.29) is 41.9 Å². The first-order valence-electron chi connectivity index (χ1n) is 9.95. The standard InChI is InChI=1S/C21H27FN2O4/c1-2-28-21(27)16-4-3-10-24(13-16)20(26)17-12-19(25)23(14-17)11-9-15-5-7-18(22)8-6-15/h5-8,16-17H,2-4,9-14H2,1H3/t16-,17-/m1/s1. The van der Waals surface area contributed by atoms with Crippen LogP contribution in [0.15, 0.2) is 24.3 Å². The van der Waals surface area contributed by atoms with Crippen molar-refractivity contribution >= 4 is 17.8 Å². The van der Waals surface area contributed by atoms with Crippen molar-refractivity contribution in [2.45, 2.75) is 32.6 Å². The number of esters is 1. The fourth-order valence-corrected chi connectivity index (χ4v) is 3.96. The predicted octanol–water partition coefficient (Wildman–Crippen LogP) is 2.02. The summed E-state index contributed by atoms with van der Waals surface area (Å²) in [5.74, 6) is -1.24. The molecule has 7 heteroatoms. The maximum atomic E-state index is 13.0. The molecular formula is C21H27FN2O4. The molecular weight excluding hydrogens is 363 g/mol. The molecule has 1 aromatic carbocycles. The number of carbonyl (C=O) groups is 3. The normalized spacial score (nSPS) is 22.4. The first-order valence-corrected chi connectivity index (χ1v) is 9.95. The van der Waals surface area contributed by atoms with Gasteiger partial charge in [-0.15, -0.1) is 0 Å². The Bertz CT molecular complexity index is 722. The third-order valence-corrected chi connectivity index (χ3v) is 5.50. The minimum atomic E-state index is -0.360. The number of piperidine rings is 1. The molecule has 0 saturated carbocycles. The maximum absolute atomic E-state index is 13.0. The van der Waals surface area contributed by atoms with E-state index in [1.54, 1.807) is 28.9 Å². The van der Waals surface area contributed by atoms with Crippen LogP contribution < -0.4 is 0 Å². The third kappa shape index (κ3) is 4.88. The van der Waals surface area contributed by atoms with Crippen LogP contribution in [0, 0.1) is 17.7 Å². The lowest BCUT2D eigenvalue weighted by molar-refractivity contribution is -0.152. The molecule has 0 radical (unpaired) electrons. The summed E-state index contributed by atoms with van der Waals surface area (Å²) in [5, 5.41) is 0. The maximum Gasteiger partial charge on any atom is 0.310 e. The van der Waals surface area contributed by atoms with Gasteiger partial charge in [0.15, 0.2) is 0 Å². The lowest BCUT2D eigenvalue weighted by atomic mass is 9.96. The van der Waals surface area contributed by atoms with E-state index >= 15 is 0 Å². The summed E-state index contributed by atoms with van der Waals surface area (Å²) in [6, 6.07) is 6.23. The molecule has 2 heterocycles. The van der Waals surface area contributed by atoms with Gasteiger partial charge in [-0.2, -0.15) is 0 Å². The summed E-state index contributed by atoms with van der Waals surface area (Å²) in [5.41, 5.74) is 0.956. The van der Waals surface area contributed by atoms with Crippen LogP contribution in [-0.2, 0) is 25.5 Å². The molecule has 0 aliphatic carbocycles. The van der Waals surface area contributed by atoms with Gasteiger partial charge in [-0.05, 0) is 43.9 Å². The van der Waals surface area contributed by atoms with Gasteiger partial charge in [0.2, 0.25) is 11.8 Å². The monoisotopic (exact) mass is 390 g/mol. The number of hydrogen-bond donors (Lipinski definition) is 0. The van der Waals surface area contributed by atoms with Crippen LogP contribution >= 0.6 is 0 Å². The highest BCUT2D eigenvalue weighted by Gasteiger charge is 2.38. The van der Waals surface area contributed by atoms with Gasteiger partial charge in [0.05, 0.1) is 18.4 Å². The van der Waals surface area contributed by atoms with Crippen LogP contribution in [0.25, 0.3) is 0 Å². The lowest BCUT2D eigenvalue weighted by Crippen LogP contribution is -2.45. The molecule has 1 aromatic rings. The highest BCUT2D eigenvalue weighted by atomic mass is 19.1. The molecule has 0 N–H and O–H groups in total. The van der Waals surface area contributed by atoms with E-state index in [0.29, 0.717) is 39.2 Å². The zero-order valence-electron chi connectivity index (χ0n) is 16.2. The fourth-order valence-electron chi connectivity index (χ4n) is 3.96. The van der Waals surface area contributed by atoms with E-state index in [2.05, 4.69) is 0 Å². The minimum Gasteiger partial charge on any atom is -0.466 e. The number of amides is 2. The number of rotatable bonds is 6. The van der Waals surface area contributed by atoms with Gasteiger partial charge in [0, 0.05) is 32.6 Å². The average Bonchev–Trinajstić information content (AvgIpc) is 3.08. The molecule has 2 atom stereocenters. The summed E-state index contributed by atoms with van der Waals surface area (Å²) in [6.45, 7) is 4.02. The summed E-state index contributed by atoms with van der Waals surface area (Å²) in [6.07, 6.45) is 2.34. The highest BCUT2D eigenvalue weighted by molar-refractivity contribution is 5.89. The Morgan fingerprint density at radius 3 is 2.64 bits per heavy atom. The molecule has 0 spiro atoms. The molecule has 152 valence electrons. The van der Waals surface area contributed by atoms with Crippen molar-refractivity contribution in [2.75, 3.05) is 32.8 Å². The first-order chi connectivity index (χ1) is 13.5. The Labute approximate surface area is 164 Å². The second-order valence-corrected chi connectivity index (χ2v) is 7.49. The quantitative estimate of drug-likeness (QED) is 0.697. The van der Waals surface area contributed by atoms with Crippen LogP contribution in [0.4, 0.5) is 4.39 Å². The molecule has 2 aliphatic rings. The van der Waals surface area contributed by atoms with Gasteiger partial charge in [-0.25, -0.2) is 4.39 Å². The van der Waals surface area contributed by atoms with Gasteiger partial charge >= 0.3 is 5.97 Å². The van der Waals surface area contributed by atoms with Crippen LogP contribution in [-0.4, -0.2) is 60.4 Å². The summed E-state index contributed by atoms with van der Waals surface area (Å²) in [7, 11) is 0. The number of likely N-dealkylation sites (tertiary alicyclic amines) is 2. The third-order valence-electron chi connectivity index (χ3n) is 5.50. The molecule has 0 aromatic heterocycles. The Balaban J connectivity index is 1.52. The van der Waals surface area contributed by atoms with Gasteiger partial charge in [-0.3, -0.25) is 14.4 Å². The number of nitrogens with zero attached hydrogens (tertiary/aromatic N) is 2. The number of ether oxygens (including phenoxy) is 1. The van der Waals surface area contributed by atoms with Crippen molar-refractivity contribution in [3.63, 3.8) is 0 Å².